The Hall–Kier alpha value is -2.44. The second-order valence-electron chi connectivity index (χ2n) is 4.93. The summed E-state index contributed by atoms with van der Waals surface area (Å²) in [4.78, 5) is 23.3. The van der Waals surface area contributed by atoms with Gasteiger partial charge in [-0.2, -0.15) is 0 Å². The molecule has 4 N–H and O–H groups in total. The molecule has 3 amide bonds. The van der Waals surface area contributed by atoms with Crippen molar-refractivity contribution in [3.63, 3.8) is 0 Å². The number of anilines is 1. The summed E-state index contributed by atoms with van der Waals surface area (Å²) in [6.07, 6.45) is 0.736. The third kappa shape index (κ3) is 3.56. The summed E-state index contributed by atoms with van der Waals surface area (Å²) >= 11 is 0. The molecule has 0 spiro atoms. The number of nitrogens with one attached hydrogen (secondary N) is 2. The molecule has 7 heteroatoms. The molecule has 0 saturated carbocycles. The highest BCUT2D eigenvalue weighted by molar-refractivity contribution is 5.97. The molecule has 1 heterocycles. The molecule has 1 aliphatic heterocycles. The Bertz CT molecular complexity index is 547. The molecule has 0 saturated heterocycles. The van der Waals surface area contributed by atoms with Gasteiger partial charge in [-0.15, -0.1) is 0 Å². The topological polar surface area (TPSA) is 103 Å². The molecule has 1 aromatic rings. The van der Waals surface area contributed by atoms with Gasteiger partial charge in [0.05, 0.1) is 0 Å². The highest BCUT2D eigenvalue weighted by Crippen LogP contribution is 2.34. The van der Waals surface area contributed by atoms with E-state index in [2.05, 4.69) is 10.6 Å². The van der Waals surface area contributed by atoms with Crippen molar-refractivity contribution in [1.29, 1.82) is 0 Å². The average molecular weight is 293 g/mol. The average Bonchev–Trinajstić information content (AvgIpc) is 2.91. The number of benzene rings is 1. The molecule has 0 bridgehead atoms. The molecule has 1 aromatic carbocycles. The van der Waals surface area contributed by atoms with Crippen molar-refractivity contribution in [1.82, 2.24) is 5.32 Å². The number of fused-ring (bicyclic) bond motifs is 1. The standard InChI is InChI=1S/C14H19N3O4/c1-3-8(2)12(17-14(15)19)13(18)16-9-4-5-10-11(6-9)21-7-20-10/h4-6,8,12H,3,7H2,1-2H3,(H,16,18)(H3,15,17,19)/t8-,12-/m0/s1. The van der Waals surface area contributed by atoms with E-state index in [0.717, 1.165) is 6.42 Å². The first-order chi connectivity index (χ1) is 10.0. The zero-order valence-corrected chi connectivity index (χ0v) is 12.0. The molecule has 0 fully saturated rings. The fraction of sp³-hybridized carbons (Fsp3) is 0.429. The normalized spacial score (nSPS) is 15.1. The molecule has 0 aliphatic carbocycles. The summed E-state index contributed by atoms with van der Waals surface area (Å²) in [5.41, 5.74) is 5.70. The van der Waals surface area contributed by atoms with Gasteiger partial charge in [0.2, 0.25) is 12.7 Å². The van der Waals surface area contributed by atoms with Gasteiger partial charge in [0.25, 0.3) is 0 Å². The van der Waals surface area contributed by atoms with E-state index in [-0.39, 0.29) is 18.6 Å². The zero-order valence-electron chi connectivity index (χ0n) is 12.0. The molecule has 21 heavy (non-hydrogen) atoms. The highest BCUT2D eigenvalue weighted by atomic mass is 16.7. The van der Waals surface area contributed by atoms with Crippen LogP contribution in [0.15, 0.2) is 18.2 Å². The van der Waals surface area contributed by atoms with E-state index in [1.54, 1.807) is 18.2 Å². The maximum Gasteiger partial charge on any atom is 0.312 e. The number of ether oxygens (including phenoxy) is 2. The maximum atomic E-state index is 12.3. The second-order valence-corrected chi connectivity index (χ2v) is 4.93. The summed E-state index contributed by atoms with van der Waals surface area (Å²) in [7, 11) is 0. The number of hydrogen-bond donors (Lipinski definition) is 3. The molecule has 2 rings (SSSR count). The lowest BCUT2D eigenvalue weighted by Crippen LogP contribution is -2.49. The zero-order chi connectivity index (χ0) is 15.4. The molecule has 2 atom stereocenters. The number of carbonyl (C=O) groups excluding carboxylic acids is 2. The predicted molar refractivity (Wildman–Crippen MR) is 77.2 cm³/mol. The first kappa shape index (κ1) is 15.0. The Kier molecular flexibility index (Phi) is 4.52. The van der Waals surface area contributed by atoms with Crippen molar-refractivity contribution >= 4 is 17.6 Å². The minimum Gasteiger partial charge on any atom is -0.454 e. The quantitative estimate of drug-likeness (QED) is 0.764. The molecular weight excluding hydrogens is 274 g/mol. The Morgan fingerprint density at radius 2 is 2.05 bits per heavy atom. The largest absolute Gasteiger partial charge is 0.454 e. The van der Waals surface area contributed by atoms with Crippen LogP contribution in [0.1, 0.15) is 20.3 Å². The number of rotatable bonds is 5. The van der Waals surface area contributed by atoms with E-state index in [9.17, 15) is 9.59 Å². The third-order valence-corrected chi connectivity index (χ3v) is 3.43. The van der Waals surface area contributed by atoms with Crippen molar-refractivity contribution < 1.29 is 19.1 Å². The second kappa shape index (κ2) is 6.34. The summed E-state index contributed by atoms with van der Waals surface area (Å²) < 4.78 is 10.5. The van der Waals surface area contributed by atoms with Gasteiger partial charge >= 0.3 is 6.03 Å². The molecule has 0 aromatic heterocycles. The van der Waals surface area contributed by atoms with Gasteiger partial charge in [0.15, 0.2) is 11.5 Å². The van der Waals surface area contributed by atoms with Crippen molar-refractivity contribution in [2.45, 2.75) is 26.3 Å². The van der Waals surface area contributed by atoms with Crippen LogP contribution in [-0.4, -0.2) is 24.8 Å². The van der Waals surface area contributed by atoms with Crippen LogP contribution in [0.3, 0.4) is 0 Å². The van der Waals surface area contributed by atoms with Gasteiger partial charge in [-0.1, -0.05) is 20.3 Å². The van der Waals surface area contributed by atoms with E-state index in [0.29, 0.717) is 17.2 Å². The Morgan fingerprint density at radius 1 is 1.33 bits per heavy atom. The smallest absolute Gasteiger partial charge is 0.312 e. The number of nitrogens with two attached hydrogens (primary N) is 1. The van der Waals surface area contributed by atoms with Gasteiger partial charge in [-0.05, 0) is 18.1 Å². The number of urea groups is 1. The van der Waals surface area contributed by atoms with Gasteiger partial charge in [-0.3, -0.25) is 4.79 Å². The van der Waals surface area contributed by atoms with Crippen molar-refractivity contribution in [3.8, 4) is 11.5 Å². The van der Waals surface area contributed by atoms with Crippen LogP contribution in [-0.2, 0) is 4.79 Å². The minimum absolute atomic E-state index is 0.0356. The highest BCUT2D eigenvalue weighted by Gasteiger charge is 2.25. The van der Waals surface area contributed by atoms with Crippen molar-refractivity contribution in [2.75, 3.05) is 12.1 Å². The molecule has 7 nitrogen and oxygen atoms in total. The number of amides is 3. The van der Waals surface area contributed by atoms with Crippen LogP contribution < -0.4 is 25.8 Å². The van der Waals surface area contributed by atoms with Crippen LogP contribution in [0.5, 0.6) is 11.5 Å². The number of hydrogen-bond acceptors (Lipinski definition) is 4. The lowest BCUT2D eigenvalue weighted by atomic mass is 9.98. The Labute approximate surface area is 122 Å². The van der Waals surface area contributed by atoms with E-state index >= 15 is 0 Å². The van der Waals surface area contributed by atoms with Gasteiger partial charge < -0.3 is 25.8 Å². The van der Waals surface area contributed by atoms with E-state index in [4.69, 9.17) is 15.2 Å². The van der Waals surface area contributed by atoms with Crippen LogP contribution in [0.4, 0.5) is 10.5 Å². The monoisotopic (exact) mass is 293 g/mol. The fourth-order valence-corrected chi connectivity index (χ4v) is 2.05. The number of carbonyl (C=O) groups is 2. The lowest BCUT2D eigenvalue weighted by molar-refractivity contribution is -0.119. The summed E-state index contributed by atoms with van der Waals surface area (Å²) in [5.74, 6) is 0.867. The predicted octanol–water partition coefficient (Wildman–Crippen LogP) is 1.44. The van der Waals surface area contributed by atoms with E-state index < -0.39 is 12.1 Å². The molecular formula is C14H19N3O4. The van der Waals surface area contributed by atoms with E-state index in [1.165, 1.54) is 0 Å². The SMILES string of the molecule is CC[C@H](C)[C@H](NC(N)=O)C(=O)Nc1ccc2c(c1)OCO2. The number of primary amides is 1. The van der Waals surface area contributed by atoms with Crippen LogP contribution in [0.25, 0.3) is 0 Å². The molecule has 0 unspecified atom stereocenters. The van der Waals surface area contributed by atoms with Crippen LogP contribution in [0, 0.1) is 5.92 Å². The van der Waals surface area contributed by atoms with Gasteiger partial charge in [-0.25, -0.2) is 4.79 Å². The van der Waals surface area contributed by atoms with E-state index in [1.807, 2.05) is 13.8 Å². The Balaban J connectivity index is 2.09. The first-order valence-electron chi connectivity index (χ1n) is 6.77. The van der Waals surface area contributed by atoms with Gasteiger partial charge in [0, 0.05) is 11.8 Å². The fourth-order valence-electron chi connectivity index (χ4n) is 2.05. The lowest BCUT2D eigenvalue weighted by Gasteiger charge is -2.22. The van der Waals surface area contributed by atoms with Crippen LogP contribution >= 0.6 is 0 Å². The van der Waals surface area contributed by atoms with Gasteiger partial charge in [0.1, 0.15) is 6.04 Å². The molecule has 1 aliphatic rings. The minimum atomic E-state index is -0.721. The Morgan fingerprint density at radius 3 is 2.71 bits per heavy atom. The maximum absolute atomic E-state index is 12.3. The summed E-state index contributed by atoms with van der Waals surface area (Å²) in [6.45, 7) is 3.99. The van der Waals surface area contributed by atoms with Crippen molar-refractivity contribution in [2.24, 2.45) is 11.7 Å². The molecule has 114 valence electrons. The molecule has 0 radical (unpaired) electrons. The van der Waals surface area contributed by atoms with Crippen molar-refractivity contribution in [3.05, 3.63) is 18.2 Å². The third-order valence-electron chi connectivity index (χ3n) is 3.43. The summed E-state index contributed by atoms with van der Waals surface area (Å²) in [6, 6.07) is 3.71. The summed E-state index contributed by atoms with van der Waals surface area (Å²) in [5, 5.41) is 5.22. The van der Waals surface area contributed by atoms with Crippen LogP contribution in [0.2, 0.25) is 0 Å². The first-order valence-corrected chi connectivity index (χ1v) is 6.77.